The van der Waals surface area contributed by atoms with Gasteiger partial charge in [0.15, 0.2) is 11.5 Å². The first-order valence-corrected chi connectivity index (χ1v) is 7.70. The van der Waals surface area contributed by atoms with Crippen molar-refractivity contribution in [3.05, 3.63) is 40.3 Å². The molecule has 0 spiro atoms. The summed E-state index contributed by atoms with van der Waals surface area (Å²) in [7, 11) is 0. The standard InChI is InChI=1S/C15H17F2NO3S/c1-3-19-10(2)14-18-11(9-22-14)8-20-12-6-4-5-7-13(12)21-15(16)17/h4-7,9-10,15H,3,8H2,1-2H3/t10-/m0/s1. The van der Waals surface area contributed by atoms with Crippen molar-refractivity contribution >= 4 is 11.3 Å². The van der Waals surface area contributed by atoms with E-state index in [4.69, 9.17) is 9.47 Å². The molecule has 0 unspecified atom stereocenters. The van der Waals surface area contributed by atoms with E-state index in [1.165, 1.54) is 17.4 Å². The number of rotatable bonds is 8. The van der Waals surface area contributed by atoms with E-state index in [0.29, 0.717) is 6.61 Å². The normalized spacial score (nSPS) is 12.4. The van der Waals surface area contributed by atoms with Gasteiger partial charge in [0.05, 0.1) is 5.69 Å². The molecule has 120 valence electrons. The minimum absolute atomic E-state index is 0.00985. The number of para-hydroxylation sites is 2. The van der Waals surface area contributed by atoms with E-state index in [9.17, 15) is 8.78 Å². The summed E-state index contributed by atoms with van der Waals surface area (Å²) >= 11 is 1.48. The lowest BCUT2D eigenvalue weighted by atomic mass is 10.3. The monoisotopic (exact) mass is 329 g/mol. The summed E-state index contributed by atoms with van der Waals surface area (Å²) in [6, 6.07) is 6.31. The van der Waals surface area contributed by atoms with E-state index in [1.807, 2.05) is 19.2 Å². The smallest absolute Gasteiger partial charge is 0.387 e. The molecule has 0 aliphatic rings. The minimum Gasteiger partial charge on any atom is -0.483 e. The lowest BCUT2D eigenvalue weighted by Crippen LogP contribution is -2.05. The molecule has 22 heavy (non-hydrogen) atoms. The molecular formula is C15H17F2NO3S. The van der Waals surface area contributed by atoms with Crippen molar-refractivity contribution in [3.63, 3.8) is 0 Å². The van der Waals surface area contributed by atoms with Crippen LogP contribution in [0.1, 0.15) is 30.7 Å². The number of alkyl halides is 2. The maximum absolute atomic E-state index is 12.3. The minimum atomic E-state index is -2.89. The van der Waals surface area contributed by atoms with Crippen LogP contribution in [0.2, 0.25) is 0 Å². The highest BCUT2D eigenvalue weighted by Crippen LogP contribution is 2.29. The van der Waals surface area contributed by atoms with Gasteiger partial charge in [0.25, 0.3) is 0 Å². The lowest BCUT2D eigenvalue weighted by molar-refractivity contribution is -0.0516. The first-order valence-electron chi connectivity index (χ1n) is 6.82. The summed E-state index contributed by atoms with van der Waals surface area (Å²) in [6.45, 7) is 1.76. The molecule has 1 aromatic carbocycles. The van der Waals surface area contributed by atoms with Crippen molar-refractivity contribution in [2.75, 3.05) is 6.61 Å². The van der Waals surface area contributed by atoms with Gasteiger partial charge in [0.2, 0.25) is 0 Å². The van der Waals surface area contributed by atoms with Crippen LogP contribution in [0.4, 0.5) is 8.78 Å². The molecule has 2 rings (SSSR count). The van der Waals surface area contributed by atoms with Gasteiger partial charge in [0, 0.05) is 12.0 Å². The van der Waals surface area contributed by atoms with E-state index in [2.05, 4.69) is 9.72 Å². The Morgan fingerprint density at radius 3 is 2.64 bits per heavy atom. The molecule has 0 N–H and O–H groups in total. The third-order valence-corrected chi connectivity index (χ3v) is 3.83. The molecule has 7 heteroatoms. The Labute approximate surface area is 131 Å². The van der Waals surface area contributed by atoms with Gasteiger partial charge in [-0.1, -0.05) is 12.1 Å². The molecule has 1 aromatic heterocycles. The van der Waals surface area contributed by atoms with E-state index in [1.54, 1.807) is 18.2 Å². The number of halogens is 2. The summed E-state index contributed by atoms with van der Waals surface area (Å²) in [6.07, 6.45) is -0.0711. The van der Waals surface area contributed by atoms with Gasteiger partial charge in [-0.25, -0.2) is 4.98 Å². The van der Waals surface area contributed by atoms with Crippen LogP contribution in [0.5, 0.6) is 11.5 Å². The van der Waals surface area contributed by atoms with Crippen LogP contribution in [0, 0.1) is 0 Å². The number of ether oxygens (including phenoxy) is 3. The Kier molecular flexibility index (Phi) is 6.09. The van der Waals surface area contributed by atoms with Gasteiger partial charge >= 0.3 is 6.61 Å². The SMILES string of the molecule is CCO[C@@H](C)c1nc(COc2ccccc2OC(F)F)cs1. The van der Waals surface area contributed by atoms with E-state index < -0.39 is 6.61 Å². The zero-order valence-corrected chi connectivity index (χ0v) is 13.1. The highest BCUT2D eigenvalue weighted by molar-refractivity contribution is 7.09. The van der Waals surface area contributed by atoms with Gasteiger partial charge in [0.1, 0.15) is 17.7 Å². The van der Waals surface area contributed by atoms with Crippen LogP contribution < -0.4 is 9.47 Å². The maximum Gasteiger partial charge on any atom is 0.387 e. The van der Waals surface area contributed by atoms with Crippen LogP contribution in [0.25, 0.3) is 0 Å². The van der Waals surface area contributed by atoms with Gasteiger partial charge < -0.3 is 14.2 Å². The van der Waals surface area contributed by atoms with Crippen molar-refractivity contribution in [3.8, 4) is 11.5 Å². The fourth-order valence-corrected chi connectivity index (χ4v) is 2.62. The Bertz CT molecular complexity index is 592. The average molecular weight is 329 g/mol. The fraction of sp³-hybridized carbons (Fsp3) is 0.400. The zero-order valence-electron chi connectivity index (χ0n) is 12.3. The van der Waals surface area contributed by atoms with Gasteiger partial charge in [-0.05, 0) is 26.0 Å². The molecule has 2 aromatic rings. The lowest BCUT2D eigenvalue weighted by Gasteiger charge is -2.11. The molecule has 0 amide bonds. The maximum atomic E-state index is 12.3. The van der Waals surface area contributed by atoms with Gasteiger partial charge in [-0.3, -0.25) is 0 Å². The second-order valence-electron chi connectivity index (χ2n) is 4.39. The number of aromatic nitrogens is 1. The van der Waals surface area contributed by atoms with Crippen molar-refractivity contribution in [1.29, 1.82) is 0 Å². The molecule has 1 heterocycles. The summed E-state index contributed by atoms with van der Waals surface area (Å²) < 4.78 is 40.1. The third kappa shape index (κ3) is 4.64. The predicted octanol–water partition coefficient (Wildman–Crippen LogP) is 4.42. The first-order chi connectivity index (χ1) is 10.6. The van der Waals surface area contributed by atoms with E-state index in [0.717, 1.165) is 10.7 Å². The summed E-state index contributed by atoms with van der Waals surface area (Å²) in [5.74, 6) is 0.269. The number of benzene rings is 1. The summed E-state index contributed by atoms with van der Waals surface area (Å²) in [5.41, 5.74) is 0.721. The number of thiazole rings is 1. The Morgan fingerprint density at radius 2 is 1.95 bits per heavy atom. The topological polar surface area (TPSA) is 40.6 Å². The first kappa shape index (κ1) is 16.6. The van der Waals surface area contributed by atoms with Crippen molar-refractivity contribution < 1.29 is 23.0 Å². The Balaban J connectivity index is 1.98. The summed E-state index contributed by atoms with van der Waals surface area (Å²) in [5, 5.41) is 2.72. The molecule has 0 aliphatic carbocycles. The average Bonchev–Trinajstić information content (AvgIpc) is 2.95. The van der Waals surface area contributed by atoms with Crippen LogP contribution in [0.3, 0.4) is 0 Å². The molecule has 0 aliphatic heterocycles. The highest BCUT2D eigenvalue weighted by Gasteiger charge is 2.13. The fourth-order valence-electron chi connectivity index (χ4n) is 1.81. The van der Waals surface area contributed by atoms with Crippen LogP contribution in [-0.2, 0) is 11.3 Å². The van der Waals surface area contributed by atoms with Crippen LogP contribution >= 0.6 is 11.3 Å². The van der Waals surface area contributed by atoms with Crippen molar-refractivity contribution in [2.45, 2.75) is 33.2 Å². The molecule has 0 saturated carbocycles. The number of nitrogens with zero attached hydrogens (tertiary/aromatic N) is 1. The molecule has 0 fully saturated rings. The van der Waals surface area contributed by atoms with E-state index >= 15 is 0 Å². The molecule has 4 nitrogen and oxygen atoms in total. The Hall–Kier alpha value is -1.73. The molecule has 0 saturated heterocycles. The predicted molar refractivity (Wildman–Crippen MR) is 79.6 cm³/mol. The molecular weight excluding hydrogens is 312 g/mol. The highest BCUT2D eigenvalue weighted by atomic mass is 32.1. The third-order valence-electron chi connectivity index (χ3n) is 2.77. The van der Waals surface area contributed by atoms with Gasteiger partial charge in [-0.2, -0.15) is 8.78 Å². The van der Waals surface area contributed by atoms with Crippen molar-refractivity contribution in [1.82, 2.24) is 4.98 Å². The second-order valence-corrected chi connectivity index (χ2v) is 5.28. The largest absolute Gasteiger partial charge is 0.483 e. The second kappa shape index (κ2) is 8.05. The van der Waals surface area contributed by atoms with Crippen LogP contribution in [0.15, 0.2) is 29.6 Å². The number of hydrogen-bond acceptors (Lipinski definition) is 5. The quantitative estimate of drug-likeness (QED) is 0.719. The molecule has 0 radical (unpaired) electrons. The molecule has 1 atom stereocenters. The molecule has 0 bridgehead atoms. The van der Waals surface area contributed by atoms with E-state index in [-0.39, 0.29) is 24.2 Å². The van der Waals surface area contributed by atoms with Gasteiger partial charge in [-0.15, -0.1) is 11.3 Å². The van der Waals surface area contributed by atoms with Crippen LogP contribution in [-0.4, -0.2) is 18.2 Å². The summed E-state index contributed by atoms with van der Waals surface area (Å²) in [4.78, 5) is 4.41. The zero-order chi connectivity index (χ0) is 15.9. The van der Waals surface area contributed by atoms with Crippen molar-refractivity contribution in [2.24, 2.45) is 0 Å². The number of hydrogen-bond donors (Lipinski definition) is 0. The Morgan fingerprint density at radius 1 is 1.23 bits per heavy atom.